The highest BCUT2D eigenvalue weighted by molar-refractivity contribution is 7.91. The largest absolute Gasteiger partial charge is 0.355 e. The summed E-state index contributed by atoms with van der Waals surface area (Å²) in [6.07, 6.45) is 1.46. The van der Waals surface area contributed by atoms with E-state index in [9.17, 15) is 13.2 Å². The van der Waals surface area contributed by atoms with E-state index in [-0.39, 0.29) is 18.4 Å². The van der Waals surface area contributed by atoms with E-state index in [0.29, 0.717) is 17.3 Å². The number of nitrogens with zero attached hydrogens (tertiary/aromatic N) is 2. The van der Waals surface area contributed by atoms with Gasteiger partial charge in [0.15, 0.2) is 0 Å². The van der Waals surface area contributed by atoms with Crippen LogP contribution in [0.15, 0.2) is 16.3 Å². The number of amides is 1. The van der Waals surface area contributed by atoms with Crippen LogP contribution in [0.1, 0.15) is 31.6 Å². The highest BCUT2D eigenvalue weighted by atomic mass is 32.2. The van der Waals surface area contributed by atoms with Crippen molar-refractivity contribution in [2.24, 2.45) is 5.92 Å². The average Bonchev–Trinajstić information content (AvgIpc) is 3.06. The summed E-state index contributed by atoms with van der Waals surface area (Å²) >= 11 is 1.28. The number of sulfonamides is 1. The predicted molar refractivity (Wildman–Crippen MR) is 101 cm³/mol. The summed E-state index contributed by atoms with van der Waals surface area (Å²) in [5.74, 6) is -0.296. The molecule has 0 bridgehead atoms. The monoisotopic (exact) mass is 387 g/mol. The second kappa shape index (κ2) is 9.12. The highest BCUT2D eigenvalue weighted by Gasteiger charge is 2.33. The molecule has 142 valence electrons. The van der Waals surface area contributed by atoms with Crippen molar-refractivity contribution in [2.75, 3.05) is 39.3 Å². The molecule has 2 rings (SSSR count). The number of hydrogen-bond donors (Lipinski definition) is 1. The van der Waals surface area contributed by atoms with Crippen molar-refractivity contribution in [3.05, 3.63) is 17.0 Å². The minimum atomic E-state index is -3.49. The van der Waals surface area contributed by atoms with E-state index in [2.05, 4.69) is 24.1 Å². The van der Waals surface area contributed by atoms with Crippen LogP contribution < -0.4 is 5.32 Å². The van der Waals surface area contributed by atoms with E-state index in [0.717, 1.165) is 37.4 Å². The number of carbonyl (C=O) groups excluding carboxylic acids is 1. The Kier molecular flexibility index (Phi) is 7.42. The molecule has 1 saturated heterocycles. The second-order valence-electron chi connectivity index (χ2n) is 6.39. The number of thiophene rings is 1. The minimum Gasteiger partial charge on any atom is -0.355 e. The van der Waals surface area contributed by atoms with E-state index < -0.39 is 10.0 Å². The van der Waals surface area contributed by atoms with Gasteiger partial charge in [-0.3, -0.25) is 4.79 Å². The van der Waals surface area contributed by atoms with Crippen LogP contribution >= 0.6 is 11.3 Å². The topological polar surface area (TPSA) is 69.7 Å². The van der Waals surface area contributed by atoms with Crippen LogP contribution in [0, 0.1) is 12.8 Å². The van der Waals surface area contributed by atoms with Crippen LogP contribution in [0.2, 0.25) is 0 Å². The summed E-state index contributed by atoms with van der Waals surface area (Å²) < 4.78 is 27.3. The Morgan fingerprint density at radius 2 is 2.08 bits per heavy atom. The molecular formula is C17H29N3O3S2. The molecule has 25 heavy (non-hydrogen) atoms. The number of rotatable bonds is 8. The Hall–Kier alpha value is -0.960. The lowest BCUT2D eigenvalue weighted by Crippen LogP contribution is -2.46. The van der Waals surface area contributed by atoms with E-state index in [1.165, 1.54) is 15.6 Å². The minimum absolute atomic E-state index is 0.0329. The molecule has 1 aromatic heterocycles. The van der Waals surface area contributed by atoms with Crippen LogP contribution in [0.5, 0.6) is 0 Å². The Morgan fingerprint density at radius 3 is 2.68 bits per heavy atom. The molecule has 8 heteroatoms. The molecule has 1 atom stereocenters. The zero-order chi connectivity index (χ0) is 18.4. The fourth-order valence-corrected chi connectivity index (χ4v) is 6.04. The molecule has 0 aliphatic carbocycles. The number of nitrogens with one attached hydrogen (secondary N) is 1. The van der Waals surface area contributed by atoms with Crippen molar-refractivity contribution in [2.45, 2.75) is 37.8 Å². The maximum absolute atomic E-state index is 12.7. The Balaban J connectivity index is 1.92. The number of carbonyl (C=O) groups is 1. The summed E-state index contributed by atoms with van der Waals surface area (Å²) in [4.78, 5) is 15.6. The van der Waals surface area contributed by atoms with Gasteiger partial charge in [-0.25, -0.2) is 8.42 Å². The zero-order valence-electron chi connectivity index (χ0n) is 15.3. The number of hydrogen-bond acceptors (Lipinski definition) is 5. The maximum Gasteiger partial charge on any atom is 0.252 e. The lowest BCUT2D eigenvalue weighted by atomic mass is 9.99. The number of piperidine rings is 1. The summed E-state index contributed by atoms with van der Waals surface area (Å²) in [5, 5.41) is 2.97. The van der Waals surface area contributed by atoms with Crippen molar-refractivity contribution < 1.29 is 13.2 Å². The maximum atomic E-state index is 12.7. The van der Waals surface area contributed by atoms with E-state index >= 15 is 0 Å². The Morgan fingerprint density at radius 1 is 1.36 bits per heavy atom. The van der Waals surface area contributed by atoms with Gasteiger partial charge < -0.3 is 10.2 Å². The van der Waals surface area contributed by atoms with Crippen LogP contribution in [-0.2, 0) is 14.8 Å². The van der Waals surface area contributed by atoms with Gasteiger partial charge in [0.1, 0.15) is 4.21 Å². The van der Waals surface area contributed by atoms with E-state index in [1.54, 1.807) is 6.07 Å². The van der Waals surface area contributed by atoms with Gasteiger partial charge in [-0.15, -0.1) is 11.3 Å². The Bertz CT molecular complexity index is 668. The number of aryl methyl sites for hydroxylation is 1. The highest BCUT2D eigenvalue weighted by Crippen LogP contribution is 2.28. The van der Waals surface area contributed by atoms with Crippen LogP contribution in [0.3, 0.4) is 0 Å². The van der Waals surface area contributed by atoms with Gasteiger partial charge in [0.05, 0.1) is 5.92 Å². The van der Waals surface area contributed by atoms with Gasteiger partial charge >= 0.3 is 0 Å². The molecule has 0 radical (unpaired) electrons. The molecule has 1 aliphatic heterocycles. The quantitative estimate of drug-likeness (QED) is 0.740. The molecule has 0 saturated carbocycles. The predicted octanol–water partition coefficient (Wildman–Crippen LogP) is 1.92. The lowest BCUT2D eigenvalue weighted by Gasteiger charge is -2.31. The SMILES string of the molecule is CCN(CC)CCNC(=O)C1CCCN(S(=O)(=O)c2ccc(C)s2)C1. The molecule has 1 aliphatic rings. The van der Waals surface area contributed by atoms with Crippen molar-refractivity contribution >= 4 is 27.3 Å². The average molecular weight is 388 g/mol. The van der Waals surface area contributed by atoms with Crippen molar-refractivity contribution in [1.82, 2.24) is 14.5 Å². The molecule has 0 aromatic carbocycles. The zero-order valence-corrected chi connectivity index (χ0v) is 17.0. The molecule has 1 unspecified atom stereocenters. The third-order valence-electron chi connectivity index (χ3n) is 4.69. The van der Waals surface area contributed by atoms with Crippen LogP contribution in [0.25, 0.3) is 0 Å². The van der Waals surface area contributed by atoms with Gasteiger partial charge in [-0.1, -0.05) is 13.8 Å². The fourth-order valence-electron chi connectivity index (χ4n) is 3.07. The molecule has 0 spiro atoms. The van der Waals surface area contributed by atoms with Gasteiger partial charge in [0.25, 0.3) is 10.0 Å². The van der Waals surface area contributed by atoms with Gasteiger partial charge in [0.2, 0.25) is 5.91 Å². The van der Waals surface area contributed by atoms with E-state index in [4.69, 9.17) is 0 Å². The number of likely N-dealkylation sites (N-methyl/N-ethyl adjacent to an activating group) is 1. The first-order chi connectivity index (χ1) is 11.9. The molecule has 6 nitrogen and oxygen atoms in total. The second-order valence-corrected chi connectivity index (χ2v) is 9.84. The summed E-state index contributed by atoms with van der Waals surface area (Å²) in [7, 11) is -3.49. The van der Waals surface area contributed by atoms with Crippen molar-refractivity contribution in [1.29, 1.82) is 0 Å². The molecule has 1 fully saturated rings. The third kappa shape index (κ3) is 5.26. The molecule has 1 N–H and O–H groups in total. The first kappa shape index (κ1) is 20.4. The van der Waals surface area contributed by atoms with E-state index in [1.807, 2.05) is 13.0 Å². The summed E-state index contributed by atoms with van der Waals surface area (Å²) in [6, 6.07) is 3.47. The molecular weight excluding hydrogens is 358 g/mol. The van der Waals surface area contributed by atoms with Crippen molar-refractivity contribution in [3.63, 3.8) is 0 Å². The normalized spacial score (nSPS) is 19.3. The summed E-state index contributed by atoms with van der Waals surface area (Å²) in [6.45, 7) is 10.2. The fraction of sp³-hybridized carbons (Fsp3) is 0.706. The van der Waals surface area contributed by atoms with Gasteiger partial charge in [-0.2, -0.15) is 4.31 Å². The smallest absolute Gasteiger partial charge is 0.252 e. The first-order valence-corrected chi connectivity index (χ1v) is 11.2. The van der Waals surface area contributed by atoms with Gasteiger partial charge in [0, 0.05) is 31.1 Å². The molecule has 1 amide bonds. The third-order valence-corrected chi connectivity index (χ3v) is 8.02. The molecule has 1 aromatic rings. The van der Waals surface area contributed by atoms with Crippen LogP contribution in [-0.4, -0.2) is 62.8 Å². The van der Waals surface area contributed by atoms with Crippen LogP contribution in [0.4, 0.5) is 0 Å². The first-order valence-electron chi connectivity index (χ1n) is 8.95. The Labute approximate surface area is 155 Å². The summed E-state index contributed by atoms with van der Waals surface area (Å²) in [5.41, 5.74) is 0. The standard InChI is InChI=1S/C17H29N3O3S2/c1-4-19(5-2)12-10-18-17(21)15-7-6-11-20(13-15)25(22,23)16-9-8-14(3)24-16/h8-9,15H,4-7,10-13H2,1-3H3,(H,18,21). The lowest BCUT2D eigenvalue weighted by molar-refractivity contribution is -0.126. The van der Waals surface area contributed by atoms with Gasteiger partial charge in [-0.05, 0) is 45.0 Å². The van der Waals surface area contributed by atoms with Crippen molar-refractivity contribution in [3.8, 4) is 0 Å². The molecule has 2 heterocycles.